The maximum atomic E-state index is 10.2. The van der Waals surface area contributed by atoms with Gasteiger partial charge >= 0.3 is 0 Å². The average molecular weight is 402 g/mol. The molecule has 0 bridgehead atoms. The number of aliphatic hydroxyl groups excluding tert-OH is 1. The van der Waals surface area contributed by atoms with Crippen LogP contribution in [0.5, 0.6) is 0 Å². The van der Waals surface area contributed by atoms with Crippen molar-refractivity contribution < 1.29 is 5.11 Å². The van der Waals surface area contributed by atoms with Crippen molar-refractivity contribution in [2.24, 2.45) is 52.3 Å². The Bertz CT molecular complexity index is 620. The summed E-state index contributed by atoms with van der Waals surface area (Å²) in [5.41, 5.74) is 2.59. The average Bonchev–Trinajstić information content (AvgIpc) is 3.03. The topological polar surface area (TPSA) is 20.2 Å². The first-order valence-electron chi connectivity index (χ1n) is 13.0. The minimum absolute atomic E-state index is 0.0790. The molecule has 1 N–H and O–H groups in total. The van der Waals surface area contributed by atoms with Gasteiger partial charge in [0.15, 0.2) is 0 Å². The number of hydrogen-bond acceptors (Lipinski definition) is 1. The second-order valence-corrected chi connectivity index (χ2v) is 12.7. The fourth-order valence-corrected chi connectivity index (χ4v) is 8.68. The second kappa shape index (κ2) is 7.99. The molecule has 4 rings (SSSR count). The summed E-state index contributed by atoms with van der Waals surface area (Å²) in [6.07, 6.45) is 15.7. The molecule has 3 fully saturated rings. The molecule has 0 saturated heterocycles. The summed E-state index contributed by atoms with van der Waals surface area (Å²) in [5.74, 6) is 6.24. The smallest absolute Gasteiger partial charge is 0.0577 e. The molecule has 4 aliphatic carbocycles. The van der Waals surface area contributed by atoms with Gasteiger partial charge in [0.2, 0.25) is 0 Å². The highest BCUT2D eigenvalue weighted by atomic mass is 16.3. The maximum Gasteiger partial charge on any atom is 0.0577 e. The highest BCUT2D eigenvalue weighted by Crippen LogP contribution is 2.67. The van der Waals surface area contributed by atoms with E-state index in [4.69, 9.17) is 0 Å². The summed E-state index contributed by atoms with van der Waals surface area (Å²) >= 11 is 0. The van der Waals surface area contributed by atoms with Gasteiger partial charge in [-0.3, -0.25) is 0 Å². The van der Waals surface area contributed by atoms with Crippen LogP contribution >= 0.6 is 0 Å². The Kier molecular flexibility index (Phi) is 6.04. The predicted molar refractivity (Wildman–Crippen MR) is 124 cm³/mol. The van der Waals surface area contributed by atoms with Gasteiger partial charge in [-0.1, -0.05) is 66.0 Å². The van der Waals surface area contributed by atoms with Crippen molar-refractivity contribution in [1.82, 2.24) is 0 Å². The van der Waals surface area contributed by atoms with Crippen molar-refractivity contribution in [2.75, 3.05) is 0 Å². The lowest BCUT2D eigenvalue weighted by molar-refractivity contribution is -0.0574. The van der Waals surface area contributed by atoms with Gasteiger partial charge in [0.25, 0.3) is 0 Å². The first-order chi connectivity index (χ1) is 13.7. The number of hydrogen-bond donors (Lipinski definition) is 1. The van der Waals surface area contributed by atoms with Crippen LogP contribution in [0, 0.1) is 52.3 Å². The summed E-state index contributed by atoms with van der Waals surface area (Å²) < 4.78 is 0. The zero-order valence-corrected chi connectivity index (χ0v) is 20.2. The molecular weight excluding hydrogens is 353 g/mol. The standard InChI is InChI=1S/C28H48O/c1-18(2)19(3)7-8-20(4)24-11-12-25-23-10-9-21-17-22(29)13-15-27(21,5)26(23)14-16-28(24,25)6/h9,18-20,22-26,29H,7-8,10-17H2,1-6H3/t19-,20-,22+,23+,24-,25+,26+,27+,28-/m1/s1/i1+1/t18-,19-,20-,22+,23+,24-,25+,26+,27+,28-. The van der Waals surface area contributed by atoms with Crippen molar-refractivity contribution in [3.8, 4) is 0 Å². The van der Waals surface area contributed by atoms with Crippen LogP contribution in [0.1, 0.15) is 106 Å². The third kappa shape index (κ3) is 3.66. The monoisotopic (exact) mass is 401 g/mol. The molecule has 0 heterocycles. The van der Waals surface area contributed by atoms with Gasteiger partial charge < -0.3 is 5.11 Å². The molecule has 10 atom stereocenters. The lowest BCUT2D eigenvalue weighted by Gasteiger charge is -2.58. The Morgan fingerprint density at radius 3 is 2.45 bits per heavy atom. The first-order valence-corrected chi connectivity index (χ1v) is 13.0. The van der Waals surface area contributed by atoms with Crippen LogP contribution in [0.2, 0.25) is 0 Å². The molecule has 1 heteroatoms. The molecule has 0 radical (unpaired) electrons. The van der Waals surface area contributed by atoms with Crippen molar-refractivity contribution >= 4 is 0 Å². The molecule has 4 aliphatic rings. The van der Waals surface area contributed by atoms with Crippen LogP contribution < -0.4 is 0 Å². The van der Waals surface area contributed by atoms with Gasteiger partial charge in [-0.15, -0.1) is 0 Å². The molecule has 0 amide bonds. The molecule has 166 valence electrons. The fraction of sp³-hybridized carbons (Fsp3) is 0.929. The number of allylic oxidation sites excluding steroid dienone is 1. The van der Waals surface area contributed by atoms with Crippen molar-refractivity contribution in [1.29, 1.82) is 0 Å². The van der Waals surface area contributed by atoms with E-state index in [1.165, 1.54) is 51.4 Å². The van der Waals surface area contributed by atoms with Gasteiger partial charge in [-0.05, 0) is 104 Å². The maximum absolute atomic E-state index is 10.2. The van der Waals surface area contributed by atoms with Crippen LogP contribution in [0.3, 0.4) is 0 Å². The Balaban J connectivity index is 1.49. The van der Waals surface area contributed by atoms with Crippen LogP contribution in [0.25, 0.3) is 0 Å². The minimum atomic E-state index is -0.0790. The van der Waals surface area contributed by atoms with E-state index in [0.29, 0.717) is 10.8 Å². The van der Waals surface area contributed by atoms with E-state index in [0.717, 1.165) is 54.3 Å². The van der Waals surface area contributed by atoms with Gasteiger partial charge in [-0.25, -0.2) is 0 Å². The SMILES string of the molecule is C[C@H](CC[C@@H](C)[C@@H](C)[13CH3])[C@H]1CC[C@H]2[C@@H]3CC=C4C[C@@H](O)CC[C@]4(C)[C@H]3CC[C@]12C. The summed E-state index contributed by atoms with van der Waals surface area (Å²) in [7, 11) is 0. The Morgan fingerprint density at radius 2 is 1.72 bits per heavy atom. The highest BCUT2D eigenvalue weighted by Gasteiger charge is 2.59. The third-order valence-electron chi connectivity index (χ3n) is 11.1. The molecule has 0 aromatic carbocycles. The third-order valence-corrected chi connectivity index (χ3v) is 11.1. The van der Waals surface area contributed by atoms with Gasteiger partial charge in [0.1, 0.15) is 0 Å². The second-order valence-electron chi connectivity index (χ2n) is 12.7. The van der Waals surface area contributed by atoms with Crippen LogP contribution in [0.15, 0.2) is 11.6 Å². The summed E-state index contributed by atoms with van der Waals surface area (Å²) in [6, 6.07) is 0. The molecular formula is C28H48O. The van der Waals surface area contributed by atoms with Crippen molar-refractivity contribution in [3.63, 3.8) is 0 Å². The lowest BCUT2D eigenvalue weighted by Crippen LogP contribution is -2.50. The van der Waals surface area contributed by atoms with Gasteiger partial charge in [-0.2, -0.15) is 0 Å². The van der Waals surface area contributed by atoms with Gasteiger partial charge in [0, 0.05) is 0 Å². The van der Waals surface area contributed by atoms with E-state index >= 15 is 0 Å². The van der Waals surface area contributed by atoms with E-state index in [1.54, 1.807) is 5.57 Å². The largest absolute Gasteiger partial charge is 0.393 e. The number of fused-ring (bicyclic) bond motifs is 5. The minimum Gasteiger partial charge on any atom is -0.393 e. The molecule has 0 unspecified atom stereocenters. The lowest BCUT2D eigenvalue weighted by atomic mass is 9.47. The molecule has 0 aromatic rings. The molecule has 0 aliphatic heterocycles. The zero-order chi connectivity index (χ0) is 21.0. The Labute approximate surface area is 181 Å². The highest BCUT2D eigenvalue weighted by molar-refractivity contribution is 5.25. The zero-order valence-electron chi connectivity index (χ0n) is 20.2. The van der Waals surface area contributed by atoms with Crippen molar-refractivity contribution in [3.05, 3.63) is 11.6 Å². The Hall–Kier alpha value is -0.300. The molecule has 0 spiro atoms. The molecule has 3 saturated carbocycles. The number of aliphatic hydroxyl groups is 1. The fourth-order valence-electron chi connectivity index (χ4n) is 8.68. The Morgan fingerprint density at radius 1 is 0.966 bits per heavy atom. The van der Waals surface area contributed by atoms with E-state index < -0.39 is 0 Å². The van der Waals surface area contributed by atoms with E-state index in [9.17, 15) is 5.11 Å². The van der Waals surface area contributed by atoms with E-state index in [2.05, 4.69) is 47.6 Å². The van der Waals surface area contributed by atoms with E-state index in [1.807, 2.05) is 0 Å². The summed E-state index contributed by atoms with van der Waals surface area (Å²) in [5, 5.41) is 10.2. The quantitative estimate of drug-likeness (QED) is 0.371. The molecule has 29 heavy (non-hydrogen) atoms. The van der Waals surface area contributed by atoms with Crippen LogP contribution in [-0.2, 0) is 0 Å². The summed E-state index contributed by atoms with van der Waals surface area (Å²) in [4.78, 5) is 0. The van der Waals surface area contributed by atoms with Crippen LogP contribution in [-0.4, -0.2) is 11.2 Å². The summed E-state index contributed by atoms with van der Waals surface area (Å²) in [6.45, 7) is 15.1. The molecule has 1 nitrogen and oxygen atoms in total. The first kappa shape index (κ1) is 21.9. The number of rotatable bonds is 5. The van der Waals surface area contributed by atoms with E-state index in [-0.39, 0.29) is 6.10 Å². The van der Waals surface area contributed by atoms with Crippen LogP contribution in [0.4, 0.5) is 0 Å². The molecule has 0 aromatic heterocycles. The normalized spacial score (nSPS) is 47.4. The predicted octanol–water partition coefficient (Wildman–Crippen LogP) is 7.63. The van der Waals surface area contributed by atoms with Gasteiger partial charge in [0.05, 0.1) is 6.10 Å². The van der Waals surface area contributed by atoms with Crippen molar-refractivity contribution in [2.45, 2.75) is 112 Å².